The normalized spacial score (nSPS) is 42.1. The first-order chi connectivity index (χ1) is 19.6. The number of rotatable bonds is 7. The second-order valence-electron chi connectivity index (χ2n) is 13.7. The number of carbonyl (C=O) groups is 2. The minimum absolute atomic E-state index is 0.000735. The van der Waals surface area contributed by atoms with Crippen LogP contribution in [0.5, 0.6) is 5.75 Å². The monoisotopic (exact) mass is 590 g/mol. The Morgan fingerprint density at radius 2 is 1.83 bits per heavy atom. The number of ether oxygens (including phenoxy) is 5. The molecule has 2 spiro atoms. The van der Waals surface area contributed by atoms with Crippen molar-refractivity contribution in [2.45, 2.75) is 127 Å². The van der Waals surface area contributed by atoms with Crippen molar-refractivity contribution < 1.29 is 48.6 Å². The predicted molar refractivity (Wildman–Crippen MR) is 150 cm³/mol. The first-order valence-corrected chi connectivity index (χ1v) is 15.1. The van der Waals surface area contributed by atoms with E-state index in [1.54, 1.807) is 32.2 Å². The summed E-state index contributed by atoms with van der Waals surface area (Å²) in [5, 5.41) is 31.8. The van der Waals surface area contributed by atoms with E-state index in [2.05, 4.69) is 6.92 Å². The number of aliphatic hydroxyl groups is 2. The Labute approximate surface area is 247 Å². The summed E-state index contributed by atoms with van der Waals surface area (Å²) in [6.07, 6.45) is -1.41. The van der Waals surface area contributed by atoms with Crippen LogP contribution < -0.4 is 0 Å². The molecule has 0 aromatic heterocycles. The Bertz CT molecular complexity index is 1180. The number of carbonyl (C=O) groups excluding carboxylic acids is 2. The fraction of sp³-hybridized carbons (Fsp3) is 0.750. The molecule has 0 radical (unpaired) electrons. The zero-order valence-electron chi connectivity index (χ0n) is 25.5. The maximum Gasteiger partial charge on any atom is 0.309 e. The molecule has 4 fully saturated rings. The maximum absolute atomic E-state index is 13.1. The van der Waals surface area contributed by atoms with E-state index in [0.29, 0.717) is 19.3 Å². The van der Waals surface area contributed by atoms with Crippen molar-refractivity contribution in [1.29, 1.82) is 0 Å². The van der Waals surface area contributed by atoms with Crippen LogP contribution in [0.25, 0.3) is 0 Å². The minimum Gasteiger partial charge on any atom is -0.508 e. The highest BCUT2D eigenvalue weighted by Crippen LogP contribution is 2.69. The van der Waals surface area contributed by atoms with Crippen LogP contribution in [0.15, 0.2) is 24.3 Å². The molecule has 1 saturated carbocycles. The van der Waals surface area contributed by atoms with E-state index in [4.69, 9.17) is 23.7 Å². The van der Waals surface area contributed by atoms with Crippen molar-refractivity contribution in [3.63, 3.8) is 0 Å². The standard InChI is InChI=1S/C32H46O10/c1-18(10-11-23(38-6)21-8-7-9-22(34)12-21)28-19(2)25-14-32(41-28)29(4)16-30(5,37)31(17-29,42-32)15-27(36)39-24(20(3)33)13-26(35)40-25/h7-9,12,18-20,23-25,28,33-34,37H,10-11,13-17H2,1-6H3/t18-,19-,20+,23-,24+,25-,28+,29+,30-,31+,32-/m0/s1. The molecular formula is C32H46O10. The average molecular weight is 591 g/mol. The predicted octanol–water partition coefficient (Wildman–Crippen LogP) is 3.94. The highest BCUT2D eigenvalue weighted by Gasteiger charge is 2.77. The van der Waals surface area contributed by atoms with E-state index >= 15 is 0 Å². The summed E-state index contributed by atoms with van der Waals surface area (Å²) >= 11 is 0. The van der Waals surface area contributed by atoms with Crippen molar-refractivity contribution in [2.75, 3.05) is 7.11 Å². The van der Waals surface area contributed by atoms with E-state index in [-0.39, 0.29) is 49.1 Å². The number of phenolic OH excluding ortho intramolecular Hbond substituents is 1. The molecule has 10 heteroatoms. The lowest BCUT2D eigenvalue weighted by Crippen LogP contribution is -2.65. The topological polar surface area (TPSA) is 141 Å². The Morgan fingerprint density at radius 1 is 1.10 bits per heavy atom. The molecule has 5 rings (SSSR count). The van der Waals surface area contributed by atoms with Crippen molar-refractivity contribution in [3.8, 4) is 5.75 Å². The summed E-state index contributed by atoms with van der Waals surface area (Å²) in [4.78, 5) is 26.3. The van der Waals surface area contributed by atoms with Gasteiger partial charge >= 0.3 is 11.9 Å². The maximum atomic E-state index is 13.1. The van der Waals surface area contributed by atoms with Crippen LogP contribution in [0.2, 0.25) is 0 Å². The molecule has 3 saturated heterocycles. The number of hydrogen-bond acceptors (Lipinski definition) is 10. The first-order valence-electron chi connectivity index (χ1n) is 15.1. The van der Waals surface area contributed by atoms with Crippen molar-refractivity contribution in [1.82, 2.24) is 0 Å². The summed E-state index contributed by atoms with van der Waals surface area (Å²) in [6, 6.07) is 7.04. The van der Waals surface area contributed by atoms with Crippen LogP contribution in [0.3, 0.4) is 0 Å². The second kappa shape index (κ2) is 11.0. The third-order valence-electron chi connectivity index (χ3n) is 10.4. The number of cyclic esters (lactones) is 1. The van der Waals surface area contributed by atoms with Crippen molar-refractivity contribution in [3.05, 3.63) is 29.8 Å². The lowest BCUT2D eigenvalue weighted by Gasteiger charge is -2.56. The van der Waals surface area contributed by atoms with Gasteiger partial charge in [0.05, 0.1) is 36.8 Å². The number of aromatic hydroxyl groups is 1. The largest absolute Gasteiger partial charge is 0.508 e. The first kappa shape index (κ1) is 31.2. The Kier molecular flexibility index (Phi) is 8.20. The number of hydrogen-bond donors (Lipinski definition) is 3. The lowest BCUT2D eigenvalue weighted by molar-refractivity contribution is -0.386. The smallest absolute Gasteiger partial charge is 0.309 e. The van der Waals surface area contributed by atoms with Crippen molar-refractivity contribution in [2.24, 2.45) is 17.3 Å². The highest BCUT2D eigenvalue weighted by molar-refractivity contribution is 5.74. The van der Waals surface area contributed by atoms with Gasteiger partial charge in [-0.3, -0.25) is 9.59 Å². The molecule has 4 bridgehead atoms. The quantitative estimate of drug-likeness (QED) is 0.400. The van der Waals surface area contributed by atoms with Gasteiger partial charge < -0.3 is 39.0 Å². The van der Waals surface area contributed by atoms with E-state index in [9.17, 15) is 24.9 Å². The summed E-state index contributed by atoms with van der Waals surface area (Å²) in [5.74, 6) is -2.40. The molecule has 11 atom stereocenters. The lowest BCUT2D eigenvalue weighted by atomic mass is 9.71. The summed E-state index contributed by atoms with van der Waals surface area (Å²) in [6.45, 7) is 9.27. The number of aliphatic hydroxyl groups excluding tert-OH is 1. The van der Waals surface area contributed by atoms with E-state index in [1.165, 1.54) is 6.92 Å². The third-order valence-corrected chi connectivity index (χ3v) is 10.4. The number of benzene rings is 1. The van der Waals surface area contributed by atoms with Crippen LogP contribution in [0.1, 0.15) is 91.2 Å². The van der Waals surface area contributed by atoms with Gasteiger partial charge in [-0.1, -0.05) is 32.9 Å². The van der Waals surface area contributed by atoms with Gasteiger partial charge in [0.1, 0.15) is 23.6 Å². The minimum atomic E-state index is -1.32. The molecule has 4 aliphatic rings. The van der Waals surface area contributed by atoms with Crippen LogP contribution in [0.4, 0.5) is 0 Å². The molecule has 1 aromatic rings. The number of esters is 2. The zero-order valence-corrected chi connectivity index (χ0v) is 25.5. The molecule has 10 nitrogen and oxygen atoms in total. The fourth-order valence-corrected chi connectivity index (χ4v) is 8.08. The molecule has 3 aliphatic heterocycles. The molecule has 234 valence electrons. The van der Waals surface area contributed by atoms with Crippen LogP contribution >= 0.6 is 0 Å². The zero-order chi connectivity index (χ0) is 30.7. The van der Waals surface area contributed by atoms with Gasteiger partial charge in [0, 0.05) is 24.9 Å². The molecule has 1 aromatic carbocycles. The Hall–Kier alpha value is -2.24. The Morgan fingerprint density at radius 3 is 2.50 bits per heavy atom. The average Bonchev–Trinajstić information content (AvgIpc) is 3.24. The summed E-state index contributed by atoms with van der Waals surface area (Å²) in [7, 11) is 1.65. The molecule has 0 amide bonds. The van der Waals surface area contributed by atoms with Gasteiger partial charge in [0.2, 0.25) is 0 Å². The summed E-state index contributed by atoms with van der Waals surface area (Å²) < 4.78 is 31.1. The van der Waals surface area contributed by atoms with Crippen LogP contribution in [-0.4, -0.2) is 75.8 Å². The van der Waals surface area contributed by atoms with Gasteiger partial charge in [0.25, 0.3) is 0 Å². The van der Waals surface area contributed by atoms with E-state index in [1.807, 2.05) is 19.9 Å². The molecular weight excluding hydrogens is 544 g/mol. The van der Waals surface area contributed by atoms with E-state index in [0.717, 1.165) is 12.0 Å². The molecule has 3 heterocycles. The van der Waals surface area contributed by atoms with Gasteiger partial charge in [-0.05, 0) is 63.1 Å². The number of methoxy groups -OCH3 is 1. The third kappa shape index (κ3) is 5.34. The van der Waals surface area contributed by atoms with E-state index < -0.39 is 52.7 Å². The van der Waals surface area contributed by atoms with Crippen LogP contribution in [-0.2, 0) is 33.3 Å². The van der Waals surface area contributed by atoms with Gasteiger partial charge in [-0.25, -0.2) is 0 Å². The van der Waals surface area contributed by atoms with Crippen molar-refractivity contribution >= 4 is 11.9 Å². The molecule has 42 heavy (non-hydrogen) atoms. The number of fused-ring (bicyclic) bond motifs is 2. The second-order valence-corrected chi connectivity index (χ2v) is 13.7. The summed E-state index contributed by atoms with van der Waals surface area (Å²) in [5.41, 5.74) is -2.34. The molecule has 0 unspecified atom stereocenters. The van der Waals surface area contributed by atoms with Gasteiger partial charge in [-0.2, -0.15) is 0 Å². The van der Waals surface area contributed by atoms with Gasteiger partial charge in [-0.15, -0.1) is 0 Å². The fourth-order valence-electron chi connectivity index (χ4n) is 8.08. The Balaban J connectivity index is 1.45. The SMILES string of the molecule is CO[C@@H](CC[C@H](C)[C@H]1O[C@]23C[C@H](OC(=O)C[C@H]([C@@H](C)O)OC(=O)C[C@]4(C[C@@]2(C)C[C@]4(C)O)O3)[C@@H]1C)c1cccc(O)c1. The number of phenols is 1. The highest BCUT2D eigenvalue weighted by atomic mass is 16.7. The molecule has 1 aliphatic carbocycles. The van der Waals surface area contributed by atoms with Crippen LogP contribution in [0, 0.1) is 17.3 Å². The van der Waals surface area contributed by atoms with Gasteiger partial charge in [0.15, 0.2) is 5.79 Å². The molecule has 3 N–H and O–H groups in total.